The van der Waals surface area contributed by atoms with Crippen LogP contribution in [0.5, 0.6) is 11.6 Å². The Bertz CT molecular complexity index is 1890. The van der Waals surface area contributed by atoms with Crippen molar-refractivity contribution in [2.45, 2.75) is 0 Å². The summed E-state index contributed by atoms with van der Waals surface area (Å²) in [4.78, 5) is 11.0. The van der Waals surface area contributed by atoms with Crippen LogP contribution in [0.4, 0.5) is 21.6 Å². The molecule has 41 heavy (non-hydrogen) atoms. The Morgan fingerprint density at radius 2 is 1.34 bits per heavy atom. The van der Waals surface area contributed by atoms with Crippen molar-refractivity contribution in [1.29, 1.82) is 0 Å². The van der Waals surface area contributed by atoms with Crippen molar-refractivity contribution in [3.63, 3.8) is 0 Å². The Morgan fingerprint density at radius 1 is 0.659 bits per heavy atom. The molecule has 0 saturated carbocycles. The first kappa shape index (κ1) is 26.4. The minimum atomic E-state index is -0.287. The standard InChI is InChI=1S/C34H21FN4O.Pt/c35-24-12-14-26(15-13-24)39-31-18-16-27(38(25-8-2-1-3-9-25)33-10-4-6-20-36-33)22-29(31)30-23-28(17-19-32(30)39)40-34-11-5-7-21-37-34;/h1-21H;/q-2;+2. The summed E-state index contributed by atoms with van der Waals surface area (Å²) in [5, 5.41) is 1.67. The molecular formula is C34H21FN4OPt. The summed E-state index contributed by atoms with van der Waals surface area (Å²) < 4.78 is 21.9. The molecule has 0 spiro atoms. The van der Waals surface area contributed by atoms with Gasteiger partial charge in [-0.1, -0.05) is 41.4 Å². The van der Waals surface area contributed by atoms with Gasteiger partial charge in [0.25, 0.3) is 0 Å². The predicted molar refractivity (Wildman–Crippen MR) is 155 cm³/mol. The van der Waals surface area contributed by atoms with E-state index in [2.05, 4.69) is 37.6 Å². The summed E-state index contributed by atoms with van der Waals surface area (Å²) in [7, 11) is 0. The summed E-state index contributed by atoms with van der Waals surface area (Å²) in [6.45, 7) is 0. The topological polar surface area (TPSA) is 43.2 Å². The van der Waals surface area contributed by atoms with Gasteiger partial charge in [0.2, 0.25) is 5.88 Å². The zero-order valence-corrected chi connectivity index (χ0v) is 23.8. The Balaban J connectivity index is 0.00000302. The smallest absolute Gasteiger partial charge is 0.460 e. The number of anilines is 3. The fraction of sp³-hybridized carbons (Fsp3) is 0. The average Bonchev–Trinajstić information content (AvgIpc) is 3.32. The van der Waals surface area contributed by atoms with E-state index in [4.69, 9.17) is 4.74 Å². The predicted octanol–water partition coefficient (Wildman–Crippen LogP) is 8.57. The van der Waals surface area contributed by atoms with Gasteiger partial charge in [-0.25, -0.2) is 14.4 Å². The summed E-state index contributed by atoms with van der Waals surface area (Å²) >= 11 is 0. The number of fused-ring (bicyclic) bond motifs is 3. The number of aromatic nitrogens is 3. The third-order valence-corrected chi connectivity index (χ3v) is 6.61. The summed E-state index contributed by atoms with van der Waals surface area (Å²) in [6.07, 6.45) is 3.46. The van der Waals surface area contributed by atoms with E-state index in [1.54, 1.807) is 30.6 Å². The van der Waals surface area contributed by atoms with Crippen molar-refractivity contribution in [1.82, 2.24) is 14.5 Å². The Hall–Kier alpha value is -4.80. The molecule has 200 valence electrons. The van der Waals surface area contributed by atoms with Crippen LogP contribution in [-0.2, 0) is 21.1 Å². The summed E-state index contributed by atoms with van der Waals surface area (Å²) in [5.41, 5.74) is 4.42. The molecule has 0 aliphatic carbocycles. The molecular weight excluding hydrogens is 694 g/mol. The average molecular weight is 716 g/mol. The van der Waals surface area contributed by atoms with Gasteiger partial charge in [-0.05, 0) is 60.3 Å². The molecule has 3 heterocycles. The van der Waals surface area contributed by atoms with Gasteiger partial charge in [-0.15, -0.1) is 30.3 Å². The third-order valence-electron chi connectivity index (χ3n) is 6.61. The zero-order chi connectivity index (χ0) is 26.9. The van der Waals surface area contributed by atoms with E-state index in [0.29, 0.717) is 11.6 Å². The molecule has 0 amide bonds. The second-order valence-corrected chi connectivity index (χ2v) is 9.13. The van der Waals surface area contributed by atoms with E-state index >= 15 is 0 Å². The van der Waals surface area contributed by atoms with E-state index in [9.17, 15) is 4.39 Å². The molecule has 4 aromatic carbocycles. The second kappa shape index (κ2) is 11.4. The largest absolute Gasteiger partial charge is 2.00 e. The first-order valence-corrected chi connectivity index (χ1v) is 12.8. The fourth-order valence-electron chi connectivity index (χ4n) is 4.86. The molecule has 3 aromatic heterocycles. The molecule has 0 fully saturated rings. The van der Waals surface area contributed by atoms with Crippen LogP contribution in [0, 0.1) is 17.9 Å². The van der Waals surface area contributed by atoms with Gasteiger partial charge < -0.3 is 14.2 Å². The number of nitrogens with zero attached hydrogens (tertiary/aromatic N) is 4. The van der Waals surface area contributed by atoms with Crippen LogP contribution >= 0.6 is 0 Å². The van der Waals surface area contributed by atoms with Crippen LogP contribution in [0.3, 0.4) is 0 Å². The number of halogens is 1. The number of para-hydroxylation sites is 1. The van der Waals surface area contributed by atoms with Gasteiger partial charge in [0, 0.05) is 35.6 Å². The number of rotatable bonds is 6. The minimum absolute atomic E-state index is 0. The number of pyridine rings is 2. The number of hydrogen-bond donors (Lipinski definition) is 0. The first-order valence-electron chi connectivity index (χ1n) is 12.8. The SMILES string of the molecule is Fc1ccc(-n2c3ccc(Oc4ccccn4)[c-]c3c3[c-]c(N(c4ccccc4)c4ccccn4)ccc32)cc1.[Pt+2]. The third kappa shape index (κ3) is 5.10. The summed E-state index contributed by atoms with van der Waals surface area (Å²) in [6, 6.07) is 42.9. The van der Waals surface area contributed by atoms with Crippen molar-refractivity contribution in [3.05, 3.63) is 146 Å². The monoisotopic (exact) mass is 715 g/mol. The van der Waals surface area contributed by atoms with Gasteiger partial charge >= 0.3 is 21.1 Å². The Labute approximate surface area is 250 Å². The van der Waals surface area contributed by atoms with Crippen molar-refractivity contribution in [3.8, 4) is 17.3 Å². The molecule has 7 rings (SSSR count). The van der Waals surface area contributed by atoms with E-state index in [0.717, 1.165) is 44.7 Å². The van der Waals surface area contributed by atoms with Crippen molar-refractivity contribution in [2.24, 2.45) is 0 Å². The molecule has 7 heteroatoms. The van der Waals surface area contributed by atoms with Crippen LogP contribution in [0.1, 0.15) is 0 Å². The maximum Gasteiger partial charge on any atom is 2.00 e. The molecule has 7 aromatic rings. The van der Waals surface area contributed by atoms with Crippen LogP contribution in [0.2, 0.25) is 0 Å². The van der Waals surface area contributed by atoms with Crippen LogP contribution in [0.15, 0.2) is 128 Å². The van der Waals surface area contributed by atoms with Gasteiger partial charge in [-0.3, -0.25) is 0 Å². The zero-order valence-electron chi connectivity index (χ0n) is 21.5. The van der Waals surface area contributed by atoms with Crippen molar-refractivity contribution in [2.75, 3.05) is 4.90 Å². The van der Waals surface area contributed by atoms with Gasteiger partial charge in [0.15, 0.2) is 0 Å². The van der Waals surface area contributed by atoms with Gasteiger partial charge in [-0.2, -0.15) is 16.8 Å². The van der Waals surface area contributed by atoms with E-state index in [1.165, 1.54) is 12.1 Å². The molecule has 0 aliphatic rings. The van der Waals surface area contributed by atoms with Crippen LogP contribution in [-0.4, -0.2) is 14.5 Å². The minimum Gasteiger partial charge on any atom is -0.460 e. The molecule has 0 N–H and O–H groups in total. The first-order chi connectivity index (χ1) is 19.7. The molecule has 0 saturated heterocycles. The number of hydrogen-bond acceptors (Lipinski definition) is 4. The summed E-state index contributed by atoms with van der Waals surface area (Å²) in [5.74, 6) is 1.50. The Kier molecular flexibility index (Phi) is 7.32. The molecule has 0 bridgehead atoms. The Morgan fingerprint density at radius 3 is 2.05 bits per heavy atom. The number of ether oxygens (including phenoxy) is 1. The van der Waals surface area contributed by atoms with E-state index < -0.39 is 0 Å². The molecule has 0 radical (unpaired) electrons. The van der Waals surface area contributed by atoms with E-state index in [-0.39, 0.29) is 26.9 Å². The van der Waals surface area contributed by atoms with Crippen molar-refractivity contribution < 1.29 is 30.2 Å². The molecule has 0 unspecified atom stereocenters. The molecule has 0 aliphatic heterocycles. The number of benzene rings is 4. The van der Waals surface area contributed by atoms with Crippen LogP contribution in [0.25, 0.3) is 27.5 Å². The molecule has 0 atom stereocenters. The maximum absolute atomic E-state index is 13.8. The normalized spacial score (nSPS) is 10.9. The van der Waals surface area contributed by atoms with E-state index in [1.807, 2.05) is 78.9 Å². The molecule has 5 nitrogen and oxygen atoms in total. The van der Waals surface area contributed by atoms with Gasteiger partial charge in [0.05, 0.1) is 0 Å². The quantitative estimate of drug-likeness (QED) is 0.162. The van der Waals surface area contributed by atoms with Crippen molar-refractivity contribution >= 4 is 39.0 Å². The fourth-order valence-corrected chi connectivity index (χ4v) is 4.86. The second-order valence-electron chi connectivity index (χ2n) is 9.13. The van der Waals surface area contributed by atoms with Crippen LogP contribution < -0.4 is 9.64 Å². The maximum atomic E-state index is 13.8. The van der Waals surface area contributed by atoms with Gasteiger partial charge in [0.1, 0.15) is 11.6 Å².